The molecule has 0 aliphatic carbocycles. The molecule has 0 bridgehead atoms. The largest absolute Gasteiger partial charge is 0.368 e. The lowest BCUT2D eigenvalue weighted by molar-refractivity contribution is -0.329. The molecule has 8 heteroatoms. The van der Waals surface area contributed by atoms with Crippen molar-refractivity contribution in [3.63, 3.8) is 0 Å². The van der Waals surface area contributed by atoms with Gasteiger partial charge >= 0.3 is 0 Å². The van der Waals surface area contributed by atoms with Crippen LogP contribution in [-0.2, 0) is 36.9 Å². The summed E-state index contributed by atoms with van der Waals surface area (Å²) in [7, 11) is 0. The van der Waals surface area contributed by atoms with Crippen LogP contribution in [-0.4, -0.2) is 36.5 Å². The van der Waals surface area contributed by atoms with Crippen molar-refractivity contribution in [2.45, 2.75) is 54.3 Å². The van der Waals surface area contributed by atoms with Crippen LogP contribution in [0.1, 0.15) is 23.0 Å². The summed E-state index contributed by atoms with van der Waals surface area (Å²) in [4.78, 5) is 1.10. The minimum atomic E-state index is -0.509. The zero-order chi connectivity index (χ0) is 28.0. The maximum atomic E-state index is 6.73. The van der Waals surface area contributed by atoms with Gasteiger partial charge in [0.2, 0.25) is 0 Å². The molecule has 2 heterocycles. The Morgan fingerprint density at radius 3 is 1.83 bits per heavy atom. The van der Waals surface area contributed by atoms with Gasteiger partial charge in [0.25, 0.3) is 0 Å². The van der Waals surface area contributed by atoms with Gasteiger partial charge in [-0.15, -0.1) is 0 Å². The summed E-state index contributed by atoms with van der Waals surface area (Å²) < 4.78 is 35.0. The number of hydrogen-bond acceptors (Lipinski definition) is 6. The molecule has 6 rings (SSSR count). The standard InChI is InChI=1S/C33H30Br2O5S/c34-25-15-11-22(12-16-25)19-36-30-29-28(21-38-32(40-29)24-7-3-1-4-8-24)39-33(41-27-9-5-2-6-10-27)31(30)37-20-23-13-17-26(35)18-14-23/h1-18,28-33H,19-21H2/t28-,29-,30+,31+,32?,33-/m1/s1. The third-order valence-electron chi connectivity index (χ3n) is 7.06. The fraction of sp³-hybridized carbons (Fsp3) is 0.273. The normalized spacial score (nSPS) is 25.9. The molecule has 0 saturated carbocycles. The Balaban J connectivity index is 1.30. The van der Waals surface area contributed by atoms with Crippen molar-refractivity contribution in [2.24, 2.45) is 0 Å². The van der Waals surface area contributed by atoms with Gasteiger partial charge in [0, 0.05) is 19.4 Å². The third-order valence-corrected chi connectivity index (χ3v) is 9.28. The second kappa shape index (κ2) is 14.0. The molecule has 1 unspecified atom stereocenters. The molecule has 2 saturated heterocycles. The van der Waals surface area contributed by atoms with Crippen molar-refractivity contribution < 1.29 is 23.7 Å². The molecular formula is C33H30Br2O5S. The van der Waals surface area contributed by atoms with Crippen molar-refractivity contribution in [1.82, 2.24) is 0 Å². The summed E-state index contributed by atoms with van der Waals surface area (Å²) >= 11 is 8.69. The number of halogens is 2. The van der Waals surface area contributed by atoms with Gasteiger partial charge in [0.05, 0.1) is 19.8 Å². The van der Waals surface area contributed by atoms with Gasteiger partial charge in [-0.2, -0.15) is 0 Å². The van der Waals surface area contributed by atoms with Crippen LogP contribution in [0.5, 0.6) is 0 Å². The molecule has 5 nitrogen and oxygen atoms in total. The van der Waals surface area contributed by atoms with Crippen molar-refractivity contribution in [3.05, 3.63) is 135 Å². The van der Waals surface area contributed by atoms with E-state index in [1.54, 1.807) is 11.8 Å². The first-order chi connectivity index (χ1) is 20.1. The molecule has 0 N–H and O–H groups in total. The molecular weight excluding hydrogens is 668 g/mol. The molecule has 0 radical (unpaired) electrons. The Morgan fingerprint density at radius 1 is 0.659 bits per heavy atom. The lowest BCUT2D eigenvalue weighted by atomic mass is 9.98. The molecule has 2 aliphatic rings. The highest BCUT2D eigenvalue weighted by molar-refractivity contribution is 9.10. The summed E-state index contributed by atoms with van der Waals surface area (Å²) in [6, 6.07) is 36.6. The molecule has 0 aromatic heterocycles. The smallest absolute Gasteiger partial charge is 0.184 e. The van der Waals surface area contributed by atoms with Gasteiger partial charge in [-0.05, 0) is 47.5 Å². The van der Waals surface area contributed by atoms with E-state index < -0.39 is 18.5 Å². The van der Waals surface area contributed by atoms with Gasteiger partial charge < -0.3 is 23.7 Å². The van der Waals surface area contributed by atoms with Crippen LogP contribution in [0.25, 0.3) is 0 Å². The number of benzene rings is 4. The highest BCUT2D eigenvalue weighted by Crippen LogP contribution is 2.41. The van der Waals surface area contributed by atoms with Crippen LogP contribution in [0.4, 0.5) is 0 Å². The fourth-order valence-electron chi connectivity index (χ4n) is 4.97. The summed E-state index contributed by atoms with van der Waals surface area (Å²) in [5.74, 6) is 0. The summed E-state index contributed by atoms with van der Waals surface area (Å²) in [6.45, 7) is 1.23. The Kier molecular flexibility index (Phi) is 9.91. The van der Waals surface area contributed by atoms with E-state index in [1.165, 1.54) is 0 Å². The van der Waals surface area contributed by atoms with Crippen LogP contribution in [0.3, 0.4) is 0 Å². The Morgan fingerprint density at radius 2 is 1.22 bits per heavy atom. The van der Waals surface area contributed by atoms with Gasteiger partial charge in [-0.3, -0.25) is 0 Å². The Labute approximate surface area is 261 Å². The minimum Gasteiger partial charge on any atom is -0.368 e. The second-order valence-corrected chi connectivity index (χ2v) is 13.0. The van der Waals surface area contributed by atoms with Crippen molar-refractivity contribution in [1.29, 1.82) is 0 Å². The highest BCUT2D eigenvalue weighted by Gasteiger charge is 2.51. The van der Waals surface area contributed by atoms with Crippen molar-refractivity contribution >= 4 is 43.6 Å². The third kappa shape index (κ3) is 7.50. The zero-order valence-corrected chi connectivity index (χ0v) is 26.2. The lowest BCUT2D eigenvalue weighted by Crippen LogP contribution is -2.62. The molecule has 212 valence electrons. The lowest BCUT2D eigenvalue weighted by Gasteiger charge is -2.49. The minimum absolute atomic E-state index is 0.307. The first-order valence-electron chi connectivity index (χ1n) is 13.5. The maximum absolute atomic E-state index is 6.73. The van der Waals surface area contributed by atoms with Crippen LogP contribution in [0, 0.1) is 0 Å². The SMILES string of the molecule is Brc1ccc(CO[C@@H]2[C@H](OCc3ccc(Br)cc3)[C@@H](Sc3ccccc3)O[C@@H]3COC(c4ccccc4)O[C@@H]23)cc1. The quantitative estimate of drug-likeness (QED) is 0.175. The summed E-state index contributed by atoms with van der Waals surface area (Å²) in [5.41, 5.74) is 2.78. The number of thioether (sulfide) groups is 1. The number of rotatable bonds is 9. The van der Waals surface area contributed by atoms with Crippen LogP contribution < -0.4 is 0 Å². The number of ether oxygens (including phenoxy) is 5. The average Bonchev–Trinajstić information content (AvgIpc) is 3.01. The molecule has 6 atom stereocenters. The fourth-order valence-corrected chi connectivity index (χ4v) is 6.64. The van der Waals surface area contributed by atoms with E-state index in [4.69, 9.17) is 23.7 Å². The molecule has 0 spiro atoms. The molecule has 0 amide bonds. The summed E-state index contributed by atoms with van der Waals surface area (Å²) in [6.07, 6.45) is -2.00. The van der Waals surface area contributed by atoms with E-state index >= 15 is 0 Å². The predicted octanol–water partition coefficient (Wildman–Crippen LogP) is 8.31. The van der Waals surface area contributed by atoms with E-state index in [2.05, 4.69) is 68.3 Å². The topological polar surface area (TPSA) is 46.2 Å². The molecule has 2 fully saturated rings. The Bertz CT molecular complexity index is 1370. The molecule has 4 aromatic carbocycles. The number of fused-ring (bicyclic) bond motifs is 1. The van der Waals surface area contributed by atoms with Crippen LogP contribution in [0.15, 0.2) is 123 Å². The van der Waals surface area contributed by atoms with E-state index in [0.717, 1.165) is 30.5 Å². The molecule has 41 heavy (non-hydrogen) atoms. The first-order valence-corrected chi connectivity index (χ1v) is 16.0. The van der Waals surface area contributed by atoms with E-state index in [1.807, 2.05) is 72.8 Å². The first kappa shape index (κ1) is 29.1. The van der Waals surface area contributed by atoms with Crippen LogP contribution >= 0.6 is 43.6 Å². The molecule has 2 aliphatic heterocycles. The van der Waals surface area contributed by atoms with E-state index in [9.17, 15) is 0 Å². The number of hydrogen-bond donors (Lipinski definition) is 0. The maximum Gasteiger partial charge on any atom is 0.184 e. The van der Waals surface area contributed by atoms with E-state index in [-0.39, 0.29) is 17.6 Å². The highest BCUT2D eigenvalue weighted by atomic mass is 79.9. The van der Waals surface area contributed by atoms with E-state index in [0.29, 0.717) is 19.8 Å². The van der Waals surface area contributed by atoms with Gasteiger partial charge in [0.15, 0.2) is 6.29 Å². The average molecular weight is 698 g/mol. The molecule has 4 aromatic rings. The van der Waals surface area contributed by atoms with Crippen LogP contribution in [0.2, 0.25) is 0 Å². The predicted molar refractivity (Wildman–Crippen MR) is 166 cm³/mol. The van der Waals surface area contributed by atoms with Gasteiger partial charge in [0.1, 0.15) is 29.9 Å². The monoisotopic (exact) mass is 696 g/mol. The second-order valence-electron chi connectivity index (χ2n) is 9.95. The van der Waals surface area contributed by atoms with Crippen molar-refractivity contribution in [3.8, 4) is 0 Å². The summed E-state index contributed by atoms with van der Waals surface area (Å²) in [5, 5.41) is 0. The van der Waals surface area contributed by atoms with Gasteiger partial charge in [-0.1, -0.05) is 116 Å². The zero-order valence-electron chi connectivity index (χ0n) is 22.2. The van der Waals surface area contributed by atoms with Gasteiger partial charge in [-0.25, -0.2) is 0 Å². The van der Waals surface area contributed by atoms with Crippen molar-refractivity contribution in [2.75, 3.05) is 6.61 Å². The Hall–Kier alpha value is -2.01.